The summed E-state index contributed by atoms with van der Waals surface area (Å²) in [6.07, 6.45) is 0.870. The molecule has 0 aromatic heterocycles. The molecule has 7 nitrogen and oxygen atoms in total. The molecule has 7 heteroatoms. The van der Waals surface area contributed by atoms with Gasteiger partial charge >= 0.3 is 0 Å². The lowest BCUT2D eigenvalue weighted by atomic mass is 10.1. The van der Waals surface area contributed by atoms with Gasteiger partial charge in [0.25, 0.3) is 0 Å². The Morgan fingerprint density at radius 2 is 1.74 bits per heavy atom. The van der Waals surface area contributed by atoms with Crippen LogP contribution in [0.1, 0.15) is 23.6 Å². The summed E-state index contributed by atoms with van der Waals surface area (Å²) in [4.78, 5) is 17.9. The molecule has 1 aliphatic rings. The highest BCUT2D eigenvalue weighted by Crippen LogP contribution is 2.13. The number of carbonyl (C=O) groups excluding carboxylic acids is 1. The van der Waals surface area contributed by atoms with Gasteiger partial charge in [-0.1, -0.05) is 36.4 Å². The number of carbonyl (C=O) groups is 1. The minimum absolute atomic E-state index is 0.0594. The van der Waals surface area contributed by atoms with E-state index in [2.05, 4.69) is 50.1 Å². The van der Waals surface area contributed by atoms with Gasteiger partial charge in [-0.25, -0.2) is 0 Å². The van der Waals surface area contributed by atoms with Crippen molar-refractivity contribution in [2.45, 2.75) is 26.4 Å². The number of rotatable bonds is 8. The van der Waals surface area contributed by atoms with Crippen molar-refractivity contribution in [3.05, 3.63) is 65.2 Å². The van der Waals surface area contributed by atoms with Crippen LogP contribution >= 0.6 is 0 Å². The Morgan fingerprint density at radius 1 is 1.03 bits per heavy atom. The second kappa shape index (κ2) is 12.1. The van der Waals surface area contributed by atoms with Crippen LogP contribution in [0.2, 0.25) is 0 Å². The van der Waals surface area contributed by atoms with E-state index in [4.69, 9.17) is 4.74 Å². The Morgan fingerprint density at radius 3 is 2.42 bits per heavy atom. The van der Waals surface area contributed by atoms with Crippen molar-refractivity contribution in [2.24, 2.45) is 4.99 Å². The number of hydrogen-bond donors (Lipinski definition) is 3. The smallest absolute Gasteiger partial charge is 0.221 e. The minimum atomic E-state index is -0.0594. The number of hydrogen-bond acceptors (Lipinski definition) is 4. The zero-order valence-electron chi connectivity index (χ0n) is 18.5. The van der Waals surface area contributed by atoms with Gasteiger partial charge in [0.1, 0.15) is 0 Å². The lowest BCUT2D eigenvalue weighted by molar-refractivity contribution is -0.114. The molecule has 0 saturated carbocycles. The van der Waals surface area contributed by atoms with Gasteiger partial charge in [0.2, 0.25) is 5.91 Å². The summed E-state index contributed by atoms with van der Waals surface area (Å²) in [5, 5.41) is 9.59. The maximum Gasteiger partial charge on any atom is 0.221 e. The number of nitrogens with one attached hydrogen (secondary N) is 3. The first kappa shape index (κ1) is 22.8. The second-order valence-corrected chi connectivity index (χ2v) is 7.64. The number of amides is 1. The van der Waals surface area contributed by atoms with Crippen molar-refractivity contribution in [1.82, 2.24) is 15.5 Å². The van der Waals surface area contributed by atoms with Crippen LogP contribution in [-0.4, -0.2) is 56.7 Å². The number of ether oxygens (including phenoxy) is 1. The molecule has 1 aliphatic heterocycles. The van der Waals surface area contributed by atoms with Gasteiger partial charge in [0.05, 0.1) is 13.2 Å². The fraction of sp³-hybridized carbons (Fsp3) is 0.417. The zero-order valence-corrected chi connectivity index (χ0v) is 18.5. The van der Waals surface area contributed by atoms with Gasteiger partial charge in [-0.2, -0.15) is 0 Å². The van der Waals surface area contributed by atoms with Crippen LogP contribution in [0.15, 0.2) is 53.5 Å². The van der Waals surface area contributed by atoms with Crippen LogP contribution in [0.4, 0.5) is 5.69 Å². The molecule has 2 aromatic rings. The van der Waals surface area contributed by atoms with E-state index in [9.17, 15) is 4.79 Å². The lowest BCUT2D eigenvalue weighted by Crippen LogP contribution is -2.38. The molecule has 1 saturated heterocycles. The van der Waals surface area contributed by atoms with Crippen LogP contribution < -0.4 is 16.0 Å². The van der Waals surface area contributed by atoms with E-state index in [0.29, 0.717) is 0 Å². The first-order valence-corrected chi connectivity index (χ1v) is 10.8. The molecule has 166 valence electrons. The average molecular weight is 424 g/mol. The summed E-state index contributed by atoms with van der Waals surface area (Å²) in [7, 11) is 1.79. The van der Waals surface area contributed by atoms with Crippen LogP contribution in [-0.2, 0) is 29.0 Å². The number of benzene rings is 2. The summed E-state index contributed by atoms with van der Waals surface area (Å²) in [6.45, 7) is 7.55. The first-order chi connectivity index (χ1) is 15.1. The number of aliphatic imine (C=N–C) groups is 1. The van der Waals surface area contributed by atoms with E-state index >= 15 is 0 Å². The predicted octanol–water partition coefficient (Wildman–Crippen LogP) is 2.38. The Balaban J connectivity index is 1.46. The number of morpholine rings is 1. The van der Waals surface area contributed by atoms with E-state index in [1.54, 1.807) is 7.05 Å². The average Bonchev–Trinajstić information content (AvgIpc) is 2.78. The highest BCUT2D eigenvalue weighted by molar-refractivity contribution is 5.88. The van der Waals surface area contributed by atoms with Gasteiger partial charge in [-0.15, -0.1) is 0 Å². The van der Waals surface area contributed by atoms with Gasteiger partial charge in [0, 0.05) is 52.4 Å². The normalized spacial score (nSPS) is 14.8. The standard InChI is InChI=1S/C24H33N5O2/c1-19(30)28-23-9-7-20(8-10-23)11-12-26-24(25-2)27-17-21-5-3-4-6-22(21)18-29-13-15-31-16-14-29/h3-10H,11-18H2,1-2H3,(H,28,30)(H2,25,26,27). The Hall–Kier alpha value is -2.90. The molecule has 1 amide bonds. The molecule has 0 spiro atoms. The fourth-order valence-electron chi connectivity index (χ4n) is 3.57. The SMILES string of the molecule is CN=C(NCCc1ccc(NC(C)=O)cc1)NCc1ccccc1CN1CCOCC1. The maximum absolute atomic E-state index is 11.1. The molecule has 31 heavy (non-hydrogen) atoms. The van der Waals surface area contributed by atoms with Gasteiger partial charge in [-0.3, -0.25) is 14.7 Å². The maximum atomic E-state index is 11.1. The summed E-state index contributed by atoms with van der Waals surface area (Å²) >= 11 is 0. The summed E-state index contributed by atoms with van der Waals surface area (Å²) < 4.78 is 5.46. The van der Waals surface area contributed by atoms with E-state index in [1.807, 2.05) is 24.3 Å². The molecule has 0 unspecified atom stereocenters. The second-order valence-electron chi connectivity index (χ2n) is 7.64. The number of anilines is 1. The molecule has 0 radical (unpaired) electrons. The number of nitrogens with zero attached hydrogens (tertiary/aromatic N) is 2. The van der Waals surface area contributed by atoms with Crippen LogP contribution in [0.5, 0.6) is 0 Å². The molecule has 1 fully saturated rings. The first-order valence-electron chi connectivity index (χ1n) is 10.8. The molecule has 2 aromatic carbocycles. The monoisotopic (exact) mass is 423 g/mol. The molecule has 1 heterocycles. The van der Waals surface area contributed by atoms with Gasteiger partial charge in [0.15, 0.2) is 5.96 Å². The topological polar surface area (TPSA) is 78.0 Å². The Kier molecular flexibility index (Phi) is 8.87. The third kappa shape index (κ3) is 7.70. The Labute approximate surface area is 184 Å². The molecule has 3 rings (SSSR count). The van der Waals surface area contributed by atoms with Gasteiger partial charge < -0.3 is 20.7 Å². The quantitative estimate of drug-likeness (QED) is 0.449. The predicted molar refractivity (Wildman–Crippen MR) is 125 cm³/mol. The van der Waals surface area contributed by atoms with Crippen LogP contribution in [0.25, 0.3) is 0 Å². The van der Waals surface area contributed by atoms with Crippen molar-refractivity contribution < 1.29 is 9.53 Å². The molecular weight excluding hydrogens is 390 g/mol. The number of guanidine groups is 1. The van der Waals surface area contributed by atoms with Crippen molar-refractivity contribution in [3.8, 4) is 0 Å². The Bertz CT molecular complexity index is 861. The summed E-state index contributed by atoms with van der Waals surface area (Å²) in [6, 6.07) is 16.5. The molecule has 0 atom stereocenters. The van der Waals surface area contributed by atoms with Crippen molar-refractivity contribution in [2.75, 3.05) is 45.2 Å². The molecule has 0 bridgehead atoms. The molecular formula is C24H33N5O2. The third-order valence-electron chi connectivity index (χ3n) is 5.27. The van der Waals surface area contributed by atoms with E-state index in [-0.39, 0.29) is 5.91 Å². The van der Waals surface area contributed by atoms with Crippen molar-refractivity contribution in [3.63, 3.8) is 0 Å². The summed E-state index contributed by atoms with van der Waals surface area (Å²) in [5.41, 5.74) is 4.64. The van der Waals surface area contributed by atoms with Crippen molar-refractivity contribution >= 4 is 17.6 Å². The molecule has 0 aliphatic carbocycles. The minimum Gasteiger partial charge on any atom is -0.379 e. The molecule has 3 N–H and O–H groups in total. The summed E-state index contributed by atoms with van der Waals surface area (Å²) in [5.74, 6) is 0.729. The van der Waals surface area contributed by atoms with E-state index in [0.717, 1.165) is 64.0 Å². The van der Waals surface area contributed by atoms with Gasteiger partial charge in [-0.05, 0) is 35.2 Å². The van der Waals surface area contributed by atoms with E-state index in [1.165, 1.54) is 23.6 Å². The fourth-order valence-corrected chi connectivity index (χ4v) is 3.57. The lowest BCUT2D eigenvalue weighted by Gasteiger charge is -2.27. The van der Waals surface area contributed by atoms with Crippen LogP contribution in [0.3, 0.4) is 0 Å². The highest BCUT2D eigenvalue weighted by atomic mass is 16.5. The zero-order chi connectivity index (χ0) is 21.9. The largest absolute Gasteiger partial charge is 0.379 e. The van der Waals surface area contributed by atoms with Crippen LogP contribution in [0, 0.1) is 0 Å². The van der Waals surface area contributed by atoms with E-state index < -0.39 is 0 Å². The highest BCUT2D eigenvalue weighted by Gasteiger charge is 2.12. The van der Waals surface area contributed by atoms with Crippen molar-refractivity contribution in [1.29, 1.82) is 0 Å². The third-order valence-corrected chi connectivity index (χ3v) is 5.27.